The van der Waals surface area contributed by atoms with Gasteiger partial charge in [0.25, 0.3) is 0 Å². The van der Waals surface area contributed by atoms with Gasteiger partial charge in [-0.3, -0.25) is 4.98 Å². The zero-order chi connectivity index (χ0) is 14.1. The van der Waals surface area contributed by atoms with Gasteiger partial charge >= 0.3 is 6.18 Å². The van der Waals surface area contributed by atoms with E-state index >= 15 is 0 Å². The maximum Gasteiger partial charge on any atom is 0.418 e. The first kappa shape index (κ1) is 13.8. The molecule has 0 spiro atoms. The minimum Gasteiger partial charge on any atom is -0.379 e. The zero-order valence-corrected chi connectivity index (χ0v) is 9.98. The van der Waals surface area contributed by atoms with Gasteiger partial charge in [-0.05, 0) is 12.1 Å². The summed E-state index contributed by atoms with van der Waals surface area (Å²) in [4.78, 5) is 4.11. The van der Waals surface area contributed by atoms with Crippen molar-refractivity contribution in [3.05, 3.63) is 42.1 Å². The van der Waals surface area contributed by atoms with Crippen LogP contribution in [0.5, 0.6) is 0 Å². The number of pyridine rings is 1. The normalized spacial score (nSPS) is 15.4. The highest BCUT2D eigenvalue weighted by Crippen LogP contribution is 2.32. The van der Waals surface area contributed by atoms with Gasteiger partial charge in [0.1, 0.15) is 0 Å². The van der Waals surface area contributed by atoms with Crippen molar-refractivity contribution in [1.82, 2.24) is 4.98 Å². The van der Waals surface area contributed by atoms with E-state index in [1.807, 2.05) is 12.1 Å². The van der Waals surface area contributed by atoms with Crippen LogP contribution in [-0.4, -0.2) is 28.4 Å². The second kappa shape index (κ2) is 4.79. The van der Waals surface area contributed by atoms with Gasteiger partial charge in [-0.1, -0.05) is 24.3 Å². The first-order valence-corrected chi connectivity index (χ1v) is 5.69. The molecule has 3 nitrogen and oxygen atoms in total. The molecule has 0 fully saturated rings. The highest BCUT2D eigenvalue weighted by molar-refractivity contribution is 5.78. The van der Waals surface area contributed by atoms with Crippen LogP contribution in [0.25, 0.3) is 10.9 Å². The molecule has 102 valence electrons. The first-order chi connectivity index (χ1) is 8.86. The quantitative estimate of drug-likeness (QED) is 0.897. The summed E-state index contributed by atoms with van der Waals surface area (Å²) in [5.74, 6) is 0. The molecule has 3 N–H and O–H groups in total. The van der Waals surface area contributed by atoms with Crippen LogP contribution in [0.2, 0.25) is 0 Å². The van der Waals surface area contributed by atoms with Gasteiger partial charge in [-0.2, -0.15) is 13.2 Å². The molecule has 0 saturated carbocycles. The number of hydrogen-bond donors (Lipinski definition) is 2. The lowest BCUT2D eigenvalue weighted by molar-refractivity contribution is -0.255. The van der Waals surface area contributed by atoms with E-state index in [9.17, 15) is 18.3 Å². The van der Waals surface area contributed by atoms with Gasteiger partial charge in [0, 0.05) is 24.0 Å². The number of fused-ring (bicyclic) bond motifs is 1. The number of aliphatic hydroxyl groups is 1. The second-order valence-electron chi connectivity index (χ2n) is 4.41. The van der Waals surface area contributed by atoms with Crippen LogP contribution in [0.1, 0.15) is 5.69 Å². The third-order valence-electron chi connectivity index (χ3n) is 3.00. The molecule has 0 amide bonds. The number of nitrogens with two attached hydrogens (primary N) is 1. The van der Waals surface area contributed by atoms with E-state index in [2.05, 4.69) is 4.98 Å². The maximum absolute atomic E-state index is 12.7. The molecule has 19 heavy (non-hydrogen) atoms. The molecule has 0 saturated heterocycles. The van der Waals surface area contributed by atoms with E-state index < -0.39 is 24.7 Å². The topological polar surface area (TPSA) is 59.1 Å². The molecule has 2 rings (SSSR count). The maximum atomic E-state index is 12.7. The molecule has 0 bridgehead atoms. The fraction of sp³-hybridized carbons (Fsp3) is 0.308. The Morgan fingerprint density at radius 3 is 2.42 bits per heavy atom. The Kier molecular flexibility index (Phi) is 3.47. The van der Waals surface area contributed by atoms with Crippen molar-refractivity contribution in [1.29, 1.82) is 0 Å². The average Bonchev–Trinajstić information content (AvgIpc) is 2.37. The summed E-state index contributed by atoms with van der Waals surface area (Å²) in [6, 6.07) is 10.2. The molecule has 1 aromatic carbocycles. The molecule has 0 aliphatic rings. The lowest BCUT2D eigenvalue weighted by Crippen LogP contribution is -2.53. The van der Waals surface area contributed by atoms with Gasteiger partial charge in [-0.15, -0.1) is 0 Å². The Morgan fingerprint density at radius 2 is 1.79 bits per heavy atom. The molecule has 0 aliphatic heterocycles. The number of benzene rings is 1. The van der Waals surface area contributed by atoms with Gasteiger partial charge < -0.3 is 10.8 Å². The molecule has 1 atom stereocenters. The summed E-state index contributed by atoms with van der Waals surface area (Å²) in [5.41, 5.74) is 2.86. The lowest BCUT2D eigenvalue weighted by atomic mass is 9.96. The number of aromatic nitrogens is 1. The number of hydrogen-bond acceptors (Lipinski definition) is 3. The summed E-state index contributed by atoms with van der Waals surface area (Å²) < 4.78 is 38.2. The van der Waals surface area contributed by atoms with Gasteiger partial charge in [0.05, 0.1) is 5.52 Å². The monoisotopic (exact) mass is 270 g/mol. The largest absolute Gasteiger partial charge is 0.418 e. The van der Waals surface area contributed by atoms with Crippen LogP contribution in [0.15, 0.2) is 36.4 Å². The van der Waals surface area contributed by atoms with Gasteiger partial charge in [-0.25, -0.2) is 0 Å². The fourth-order valence-corrected chi connectivity index (χ4v) is 1.79. The molecular weight excluding hydrogens is 257 g/mol. The van der Waals surface area contributed by atoms with Crippen molar-refractivity contribution in [3.8, 4) is 0 Å². The Balaban J connectivity index is 2.35. The van der Waals surface area contributed by atoms with E-state index in [0.717, 1.165) is 5.39 Å². The summed E-state index contributed by atoms with van der Waals surface area (Å²) in [6.07, 6.45) is -5.44. The van der Waals surface area contributed by atoms with Crippen LogP contribution in [0.3, 0.4) is 0 Å². The van der Waals surface area contributed by atoms with Crippen molar-refractivity contribution in [3.63, 3.8) is 0 Å². The van der Waals surface area contributed by atoms with Crippen molar-refractivity contribution < 1.29 is 18.3 Å². The van der Waals surface area contributed by atoms with Gasteiger partial charge in [0.2, 0.25) is 0 Å². The molecule has 0 aliphatic carbocycles. The summed E-state index contributed by atoms with van der Waals surface area (Å²) in [5, 5.41) is 10.4. The lowest BCUT2D eigenvalue weighted by Gasteiger charge is -2.28. The van der Waals surface area contributed by atoms with Crippen LogP contribution in [0, 0.1) is 0 Å². The van der Waals surface area contributed by atoms with Crippen molar-refractivity contribution in [2.24, 2.45) is 5.73 Å². The number of alkyl halides is 3. The molecule has 1 aromatic heterocycles. The molecule has 2 aromatic rings. The smallest absolute Gasteiger partial charge is 0.379 e. The van der Waals surface area contributed by atoms with Crippen molar-refractivity contribution in [2.45, 2.75) is 18.2 Å². The minimum absolute atomic E-state index is 0.156. The van der Waals surface area contributed by atoms with Crippen molar-refractivity contribution >= 4 is 10.9 Å². The van der Waals surface area contributed by atoms with E-state index in [0.29, 0.717) is 5.52 Å². The van der Waals surface area contributed by atoms with E-state index in [-0.39, 0.29) is 5.69 Å². The number of nitrogens with zero attached hydrogens (tertiary/aromatic N) is 1. The predicted molar refractivity (Wildman–Crippen MR) is 65.5 cm³/mol. The first-order valence-electron chi connectivity index (χ1n) is 5.69. The summed E-state index contributed by atoms with van der Waals surface area (Å²) in [7, 11) is 0. The molecule has 0 radical (unpaired) electrons. The molecule has 1 unspecified atom stereocenters. The van der Waals surface area contributed by atoms with E-state index in [4.69, 9.17) is 5.73 Å². The standard InChI is InChI=1S/C13H13F3N2O/c14-13(15,16)12(19,8-17)7-10-6-5-9-3-1-2-4-11(9)18-10/h1-6,19H,7-8,17H2. The molecular formula is C13H13F3N2O. The highest BCUT2D eigenvalue weighted by Gasteiger charge is 2.52. The van der Waals surface area contributed by atoms with Crippen LogP contribution in [0.4, 0.5) is 13.2 Å². The third-order valence-corrected chi connectivity index (χ3v) is 3.00. The molecule has 6 heteroatoms. The Hall–Kier alpha value is -1.66. The summed E-state index contributed by atoms with van der Waals surface area (Å²) >= 11 is 0. The summed E-state index contributed by atoms with van der Waals surface area (Å²) in [6.45, 7) is -0.898. The minimum atomic E-state index is -4.78. The average molecular weight is 270 g/mol. The Morgan fingerprint density at radius 1 is 1.11 bits per heavy atom. The van der Waals surface area contributed by atoms with Crippen LogP contribution >= 0.6 is 0 Å². The van der Waals surface area contributed by atoms with Crippen molar-refractivity contribution in [2.75, 3.05) is 6.54 Å². The highest BCUT2D eigenvalue weighted by atomic mass is 19.4. The second-order valence-corrected chi connectivity index (χ2v) is 4.41. The SMILES string of the molecule is NCC(O)(Cc1ccc2ccccc2n1)C(F)(F)F. The molecule has 1 heterocycles. The van der Waals surface area contributed by atoms with E-state index in [1.165, 1.54) is 6.07 Å². The Bertz CT molecular complexity index is 585. The van der Waals surface area contributed by atoms with E-state index in [1.54, 1.807) is 18.2 Å². The Labute approximate surface area is 107 Å². The predicted octanol–water partition coefficient (Wildman–Crippen LogP) is 2.03. The zero-order valence-electron chi connectivity index (χ0n) is 9.98. The van der Waals surface area contributed by atoms with Crippen LogP contribution < -0.4 is 5.73 Å². The third kappa shape index (κ3) is 2.69. The van der Waals surface area contributed by atoms with Crippen LogP contribution in [-0.2, 0) is 6.42 Å². The fourth-order valence-electron chi connectivity index (χ4n) is 1.79. The number of halogens is 3. The van der Waals surface area contributed by atoms with Gasteiger partial charge in [0.15, 0.2) is 5.60 Å². The number of para-hydroxylation sites is 1. The number of rotatable bonds is 3.